The van der Waals surface area contributed by atoms with Crippen LogP contribution in [0.4, 0.5) is 0 Å². The molecule has 8 heteroatoms. The van der Waals surface area contributed by atoms with Crippen LogP contribution in [0.2, 0.25) is 0 Å². The number of benzene rings is 2. The first-order valence-corrected chi connectivity index (χ1v) is 17.1. The van der Waals surface area contributed by atoms with Crippen LogP contribution in [0.5, 0.6) is 11.5 Å². The van der Waals surface area contributed by atoms with Crippen LogP contribution < -0.4 is 0 Å². The number of carbonyl (C=O) groups is 2. The Labute approximate surface area is 307 Å². The summed E-state index contributed by atoms with van der Waals surface area (Å²) in [6.45, 7) is 31.8. The summed E-state index contributed by atoms with van der Waals surface area (Å²) in [6.07, 6.45) is 5.54. The van der Waals surface area contributed by atoms with Gasteiger partial charge in [0.1, 0.15) is 17.3 Å². The quantitative estimate of drug-likeness (QED) is 0.167. The van der Waals surface area contributed by atoms with Crippen molar-refractivity contribution in [3.05, 3.63) is 57.6 Å². The molecular weight excluding hydrogens is 659 g/mol. The molecule has 0 unspecified atom stereocenters. The zero-order valence-electron chi connectivity index (χ0n) is 32.9. The Balaban J connectivity index is 0.00000181. The van der Waals surface area contributed by atoms with Gasteiger partial charge in [-0.2, -0.15) is 0 Å². The Morgan fingerprint density at radius 1 is 0.633 bits per heavy atom. The monoisotopic (exact) mass is 723 g/mol. The third-order valence-electron chi connectivity index (χ3n) is 8.06. The fourth-order valence-electron chi connectivity index (χ4n) is 4.82. The minimum atomic E-state index is -0.788. The number of Topliss-reactive ketones (excluding diaryl/α,β-unsaturated/α-hetero) is 1. The Hall–Kier alpha value is -2.97. The second-order valence-electron chi connectivity index (χ2n) is 17.8. The molecule has 0 spiro atoms. The van der Waals surface area contributed by atoms with Crippen LogP contribution in [0.15, 0.2) is 34.3 Å². The van der Waals surface area contributed by atoms with Crippen LogP contribution in [-0.2, 0) is 48.0 Å². The smallest absolute Gasteiger partial charge is 0.303 e. The number of aliphatic imine (C=N–C) groups is 2. The third kappa shape index (κ3) is 15.6. The van der Waals surface area contributed by atoms with E-state index in [0.29, 0.717) is 25.8 Å². The van der Waals surface area contributed by atoms with E-state index in [1.807, 2.05) is 26.0 Å². The number of carbonyl (C=O) groups excluding carboxylic acids is 1. The van der Waals surface area contributed by atoms with Crippen LogP contribution in [0.25, 0.3) is 0 Å². The molecule has 0 bridgehead atoms. The first-order chi connectivity index (χ1) is 21.6. The number of hydrogen-bond acceptors (Lipinski definition) is 6. The van der Waals surface area contributed by atoms with Crippen molar-refractivity contribution < 1.29 is 41.7 Å². The van der Waals surface area contributed by atoms with E-state index >= 15 is 0 Å². The summed E-state index contributed by atoms with van der Waals surface area (Å²) in [5.74, 6) is -0.0877. The van der Waals surface area contributed by atoms with Crippen LogP contribution in [-0.4, -0.2) is 51.6 Å². The molecule has 0 atom stereocenters. The van der Waals surface area contributed by atoms with Gasteiger partial charge in [0.15, 0.2) is 0 Å². The van der Waals surface area contributed by atoms with Crippen molar-refractivity contribution in [3.63, 3.8) is 0 Å². The van der Waals surface area contributed by atoms with Gasteiger partial charge in [-0.1, -0.05) is 95.2 Å². The van der Waals surface area contributed by atoms with Gasteiger partial charge < -0.3 is 20.1 Å². The van der Waals surface area contributed by atoms with Crippen LogP contribution in [0.3, 0.4) is 0 Å². The summed E-state index contributed by atoms with van der Waals surface area (Å²) in [5.41, 5.74) is 4.67. The predicted octanol–water partition coefficient (Wildman–Crippen LogP) is 9.82. The van der Waals surface area contributed by atoms with Gasteiger partial charge in [-0.05, 0) is 78.5 Å². The van der Waals surface area contributed by atoms with Crippen molar-refractivity contribution in [1.82, 2.24) is 0 Å². The number of phenolic OH excluding ortho intramolecular Hbond substituents is 2. The molecular formula is C41H64CoN2O5. The van der Waals surface area contributed by atoms with Gasteiger partial charge >= 0.3 is 5.97 Å². The number of ketones is 1. The molecule has 0 fully saturated rings. The normalized spacial score (nSPS) is 12.9. The van der Waals surface area contributed by atoms with E-state index in [-0.39, 0.29) is 62.1 Å². The van der Waals surface area contributed by atoms with E-state index in [9.17, 15) is 19.8 Å². The predicted molar refractivity (Wildman–Crippen MR) is 202 cm³/mol. The summed E-state index contributed by atoms with van der Waals surface area (Å²) in [5, 5.41) is 30.4. The van der Waals surface area contributed by atoms with Crippen LogP contribution >= 0.6 is 0 Å². The molecule has 3 N–H and O–H groups in total. The second kappa shape index (κ2) is 17.8. The van der Waals surface area contributed by atoms with Gasteiger partial charge in [0, 0.05) is 64.3 Å². The minimum Gasteiger partial charge on any atom is -0.507 e. The first-order valence-electron chi connectivity index (χ1n) is 17.1. The van der Waals surface area contributed by atoms with E-state index < -0.39 is 11.5 Å². The summed E-state index contributed by atoms with van der Waals surface area (Å²) in [4.78, 5) is 29.8. The number of unbranched alkanes of at least 4 members (excludes halogenated alkanes) is 1. The molecule has 0 heterocycles. The van der Waals surface area contributed by atoms with Gasteiger partial charge in [-0.15, -0.1) is 0 Å². The van der Waals surface area contributed by atoms with E-state index in [1.54, 1.807) is 12.4 Å². The van der Waals surface area contributed by atoms with Crippen molar-refractivity contribution in [2.24, 2.45) is 9.98 Å². The van der Waals surface area contributed by atoms with E-state index in [1.165, 1.54) is 18.1 Å². The maximum atomic E-state index is 11.1. The molecule has 0 amide bonds. The largest absolute Gasteiger partial charge is 0.507 e. The van der Waals surface area contributed by atoms with Crippen molar-refractivity contribution in [2.45, 2.75) is 157 Å². The SMILES string of the molecule is CC(=O)CCCCC(=O)O.CC(C)(CN=Cc1cc(C(C)(C)C)cc(C(C)(C)C)c1O)N=Cc1cc(C(C)(C)C)cc(C(C)(C)C)c1O.[Co]. The summed E-state index contributed by atoms with van der Waals surface area (Å²) in [6, 6.07) is 8.31. The van der Waals surface area contributed by atoms with E-state index in [4.69, 9.17) is 15.1 Å². The average molecular weight is 724 g/mol. The number of hydrogen-bond donors (Lipinski definition) is 3. The third-order valence-corrected chi connectivity index (χ3v) is 8.06. The van der Waals surface area contributed by atoms with Crippen molar-refractivity contribution in [2.75, 3.05) is 6.54 Å². The number of carboxylic acids is 1. The summed E-state index contributed by atoms with van der Waals surface area (Å²) in [7, 11) is 0. The Bertz CT molecular complexity index is 1460. The van der Waals surface area contributed by atoms with E-state index in [0.717, 1.165) is 22.3 Å². The molecule has 0 saturated carbocycles. The maximum Gasteiger partial charge on any atom is 0.303 e. The molecule has 0 aliphatic carbocycles. The van der Waals surface area contributed by atoms with Crippen LogP contribution in [0.1, 0.15) is 163 Å². The maximum absolute atomic E-state index is 11.1. The Morgan fingerprint density at radius 2 is 1.02 bits per heavy atom. The molecule has 2 aromatic carbocycles. The molecule has 0 aliphatic heterocycles. The van der Waals surface area contributed by atoms with Gasteiger partial charge in [0.25, 0.3) is 0 Å². The standard InChI is InChI=1S/C34H52N2O2.C7H12O3.Co/c1-30(2,3)24-15-22(28(37)26(17-24)32(7,8)9)19-35-21-34(13,14)36-20-23-16-25(31(4,5)6)18-27(29(23)38)33(10,11)12;1-6(8)4-2-3-5-7(9)10;/h15-20,37-38H,21H2,1-14H3;2-5H2,1H3,(H,9,10);. The molecule has 277 valence electrons. The van der Waals surface area contributed by atoms with Crippen LogP contribution in [0, 0.1) is 0 Å². The number of aliphatic carboxylic acids is 1. The molecule has 49 heavy (non-hydrogen) atoms. The van der Waals surface area contributed by atoms with Crippen molar-refractivity contribution >= 4 is 24.2 Å². The Kier molecular flexibility index (Phi) is 16.7. The molecule has 0 aromatic heterocycles. The number of phenols is 2. The number of rotatable bonds is 10. The summed E-state index contributed by atoms with van der Waals surface area (Å²) >= 11 is 0. The molecule has 1 radical (unpaired) electrons. The first kappa shape index (κ1) is 46.0. The zero-order chi connectivity index (χ0) is 37.5. The molecule has 2 aromatic rings. The van der Waals surface area contributed by atoms with Crippen molar-refractivity contribution in [1.29, 1.82) is 0 Å². The molecule has 7 nitrogen and oxygen atoms in total. The minimum absolute atomic E-state index is 0. The average Bonchev–Trinajstić information content (AvgIpc) is 2.89. The van der Waals surface area contributed by atoms with Gasteiger partial charge in [0.2, 0.25) is 0 Å². The second-order valence-corrected chi connectivity index (χ2v) is 17.8. The number of aromatic hydroxyl groups is 2. The zero-order valence-corrected chi connectivity index (χ0v) is 33.9. The Morgan fingerprint density at radius 3 is 1.37 bits per heavy atom. The number of carboxylic acid groups (broad SMARTS) is 1. The molecule has 0 aliphatic rings. The fourth-order valence-corrected chi connectivity index (χ4v) is 4.82. The molecule has 0 saturated heterocycles. The number of nitrogens with zero attached hydrogens (tertiary/aromatic N) is 2. The summed E-state index contributed by atoms with van der Waals surface area (Å²) < 4.78 is 0. The molecule has 2 rings (SSSR count). The van der Waals surface area contributed by atoms with Gasteiger partial charge in [-0.25, -0.2) is 0 Å². The topological polar surface area (TPSA) is 120 Å². The van der Waals surface area contributed by atoms with Crippen molar-refractivity contribution in [3.8, 4) is 11.5 Å². The van der Waals surface area contributed by atoms with E-state index in [2.05, 4.69) is 95.2 Å². The fraction of sp³-hybridized carbons (Fsp3) is 0.610. The van der Waals surface area contributed by atoms with Gasteiger partial charge in [-0.3, -0.25) is 14.8 Å². The van der Waals surface area contributed by atoms with Gasteiger partial charge in [0.05, 0.1) is 12.1 Å².